The second kappa shape index (κ2) is 6.44. The van der Waals surface area contributed by atoms with Crippen molar-refractivity contribution in [2.45, 2.75) is 6.54 Å². The van der Waals surface area contributed by atoms with Crippen molar-refractivity contribution < 1.29 is 9.36 Å². The van der Waals surface area contributed by atoms with Crippen LogP contribution in [0.5, 0.6) is 0 Å². The lowest BCUT2D eigenvalue weighted by Crippen LogP contribution is -2.39. The molecular weight excluding hydrogens is 333 g/mol. The van der Waals surface area contributed by atoms with Crippen LogP contribution in [0.25, 0.3) is 17.2 Å². The molecule has 0 atom stereocenters. The molecule has 23 heavy (non-hydrogen) atoms. The normalized spacial score (nSPS) is 10.7. The SMILES string of the molecule is C=Cn1c[n+](CC(=O)Nc2cc(Cl)cc(Cl)c2)c2ccccc21. The number of para-hydroxylation sites is 2. The molecule has 1 N–H and O–H groups in total. The summed E-state index contributed by atoms with van der Waals surface area (Å²) in [6, 6.07) is 12.7. The van der Waals surface area contributed by atoms with E-state index in [9.17, 15) is 4.79 Å². The van der Waals surface area contributed by atoms with Gasteiger partial charge in [0.1, 0.15) is 0 Å². The Labute approximate surface area is 143 Å². The van der Waals surface area contributed by atoms with Gasteiger partial charge >= 0.3 is 0 Å². The van der Waals surface area contributed by atoms with Crippen LogP contribution in [0.2, 0.25) is 10.0 Å². The first kappa shape index (κ1) is 15.6. The predicted molar refractivity (Wildman–Crippen MR) is 93.6 cm³/mol. The lowest BCUT2D eigenvalue weighted by molar-refractivity contribution is -0.658. The molecule has 0 saturated heterocycles. The number of amides is 1. The van der Waals surface area contributed by atoms with Gasteiger partial charge < -0.3 is 5.32 Å². The Hall–Kier alpha value is -2.30. The maximum Gasteiger partial charge on any atom is 0.266 e. The summed E-state index contributed by atoms with van der Waals surface area (Å²) >= 11 is 11.9. The van der Waals surface area contributed by atoms with E-state index in [1.165, 1.54) is 0 Å². The Bertz CT molecular complexity index is 882. The first-order valence-electron chi connectivity index (χ1n) is 6.94. The lowest BCUT2D eigenvalue weighted by Gasteiger charge is -2.05. The van der Waals surface area contributed by atoms with E-state index < -0.39 is 0 Å². The molecular formula is C17H14Cl2N3O+. The summed E-state index contributed by atoms with van der Waals surface area (Å²) in [5.41, 5.74) is 2.51. The highest BCUT2D eigenvalue weighted by molar-refractivity contribution is 6.35. The smallest absolute Gasteiger partial charge is 0.266 e. The summed E-state index contributed by atoms with van der Waals surface area (Å²) in [6.07, 6.45) is 3.54. The van der Waals surface area contributed by atoms with Crippen LogP contribution < -0.4 is 9.88 Å². The molecule has 0 aliphatic rings. The van der Waals surface area contributed by atoms with E-state index in [4.69, 9.17) is 23.2 Å². The van der Waals surface area contributed by atoms with Gasteiger partial charge in [-0.05, 0) is 30.3 Å². The van der Waals surface area contributed by atoms with Gasteiger partial charge in [-0.15, -0.1) is 0 Å². The average molecular weight is 347 g/mol. The van der Waals surface area contributed by atoms with Gasteiger partial charge in [-0.1, -0.05) is 41.9 Å². The number of carbonyl (C=O) groups excluding carboxylic acids is 1. The third-order valence-corrected chi connectivity index (χ3v) is 3.83. The van der Waals surface area contributed by atoms with Gasteiger partial charge in [0, 0.05) is 15.7 Å². The molecule has 0 spiro atoms. The topological polar surface area (TPSA) is 37.9 Å². The van der Waals surface area contributed by atoms with Crippen molar-refractivity contribution in [2.24, 2.45) is 0 Å². The van der Waals surface area contributed by atoms with Crippen LogP contribution in [0.15, 0.2) is 55.4 Å². The Kier molecular flexibility index (Phi) is 4.37. The second-order valence-electron chi connectivity index (χ2n) is 5.03. The molecule has 1 amide bonds. The maximum absolute atomic E-state index is 12.3. The molecule has 3 aromatic rings. The molecule has 0 aliphatic carbocycles. The zero-order valence-electron chi connectivity index (χ0n) is 12.2. The third kappa shape index (κ3) is 3.38. The van der Waals surface area contributed by atoms with Crippen LogP contribution >= 0.6 is 23.2 Å². The summed E-state index contributed by atoms with van der Waals surface area (Å²) in [5, 5.41) is 3.75. The fourth-order valence-corrected chi connectivity index (χ4v) is 2.98. The number of carbonyl (C=O) groups is 1. The van der Waals surface area contributed by atoms with Gasteiger partial charge in [0.15, 0.2) is 17.6 Å². The number of fused-ring (bicyclic) bond motifs is 1. The van der Waals surface area contributed by atoms with Crippen LogP contribution in [0.4, 0.5) is 5.69 Å². The van der Waals surface area contributed by atoms with Gasteiger partial charge in [-0.2, -0.15) is 0 Å². The monoisotopic (exact) mass is 346 g/mol. The number of hydrogen-bond acceptors (Lipinski definition) is 1. The van der Waals surface area contributed by atoms with Gasteiger partial charge in [0.25, 0.3) is 5.91 Å². The first-order chi connectivity index (χ1) is 11.1. The molecule has 6 heteroatoms. The minimum atomic E-state index is -0.166. The summed E-state index contributed by atoms with van der Waals surface area (Å²) in [5.74, 6) is -0.166. The van der Waals surface area contributed by atoms with Crippen LogP contribution in [-0.4, -0.2) is 10.5 Å². The minimum absolute atomic E-state index is 0.166. The first-order valence-corrected chi connectivity index (χ1v) is 7.70. The van der Waals surface area contributed by atoms with Gasteiger partial charge in [0.2, 0.25) is 6.33 Å². The molecule has 3 rings (SSSR count). The summed E-state index contributed by atoms with van der Waals surface area (Å²) < 4.78 is 3.73. The van der Waals surface area contributed by atoms with Crippen molar-refractivity contribution in [1.82, 2.24) is 4.57 Å². The van der Waals surface area contributed by atoms with E-state index in [1.807, 2.05) is 39.7 Å². The maximum atomic E-state index is 12.3. The number of halogens is 2. The molecule has 1 aromatic heterocycles. The Morgan fingerprint density at radius 1 is 1.22 bits per heavy atom. The lowest BCUT2D eigenvalue weighted by atomic mass is 10.3. The van der Waals surface area contributed by atoms with Crippen molar-refractivity contribution in [3.8, 4) is 0 Å². The van der Waals surface area contributed by atoms with E-state index in [2.05, 4.69) is 11.9 Å². The number of imidazole rings is 1. The number of benzene rings is 2. The van der Waals surface area contributed by atoms with Crippen LogP contribution in [0, 0.1) is 0 Å². The summed E-state index contributed by atoms with van der Waals surface area (Å²) in [6.45, 7) is 3.95. The highest BCUT2D eigenvalue weighted by Crippen LogP contribution is 2.22. The number of aromatic nitrogens is 2. The molecule has 0 bridgehead atoms. The average Bonchev–Trinajstić information content (AvgIpc) is 2.84. The van der Waals surface area contributed by atoms with Crippen molar-refractivity contribution in [1.29, 1.82) is 0 Å². The van der Waals surface area contributed by atoms with Crippen molar-refractivity contribution >= 4 is 52.0 Å². The molecule has 0 unspecified atom stereocenters. The summed E-state index contributed by atoms with van der Waals surface area (Å²) in [4.78, 5) is 12.3. The van der Waals surface area contributed by atoms with Crippen molar-refractivity contribution in [2.75, 3.05) is 5.32 Å². The quantitative estimate of drug-likeness (QED) is 0.713. The van der Waals surface area contributed by atoms with E-state index in [1.54, 1.807) is 24.4 Å². The molecule has 0 radical (unpaired) electrons. The van der Waals surface area contributed by atoms with Crippen LogP contribution in [-0.2, 0) is 11.3 Å². The van der Waals surface area contributed by atoms with E-state index >= 15 is 0 Å². The van der Waals surface area contributed by atoms with Gasteiger partial charge in [0.05, 0.1) is 6.20 Å². The number of anilines is 1. The number of rotatable bonds is 4. The molecule has 0 fully saturated rings. The van der Waals surface area contributed by atoms with Gasteiger partial charge in [-0.3, -0.25) is 4.79 Å². The Balaban J connectivity index is 1.84. The van der Waals surface area contributed by atoms with E-state index in [0.29, 0.717) is 15.7 Å². The Morgan fingerprint density at radius 3 is 2.61 bits per heavy atom. The molecule has 2 aromatic carbocycles. The van der Waals surface area contributed by atoms with Gasteiger partial charge in [-0.25, -0.2) is 9.13 Å². The molecule has 0 saturated carbocycles. The van der Waals surface area contributed by atoms with Crippen molar-refractivity contribution in [3.05, 3.63) is 65.4 Å². The number of nitrogens with one attached hydrogen (secondary N) is 1. The highest BCUT2D eigenvalue weighted by atomic mass is 35.5. The zero-order valence-corrected chi connectivity index (χ0v) is 13.7. The fraction of sp³-hybridized carbons (Fsp3) is 0.0588. The standard InChI is InChI=1S/C17H13Cl2N3O/c1-2-21-11-22(16-6-4-3-5-15(16)21)10-17(23)20-14-8-12(18)7-13(19)9-14/h2-9,11H,1,10H2/p+1. The van der Waals surface area contributed by atoms with E-state index in [0.717, 1.165) is 11.0 Å². The van der Waals surface area contributed by atoms with E-state index in [-0.39, 0.29) is 12.5 Å². The number of nitrogens with zero attached hydrogens (tertiary/aromatic N) is 2. The molecule has 4 nitrogen and oxygen atoms in total. The molecule has 116 valence electrons. The predicted octanol–water partition coefficient (Wildman–Crippen LogP) is 3.97. The third-order valence-electron chi connectivity index (χ3n) is 3.39. The largest absolute Gasteiger partial charge is 0.323 e. The Morgan fingerprint density at radius 2 is 1.91 bits per heavy atom. The van der Waals surface area contributed by atoms with Crippen LogP contribution in [0.3, 0.4) is 0 Å². The van der Waals surface area contributed by atoms with Crippen molar-refractivity contribution in [3.63, 3.8) is 0 Å². The molecule has 0 aliphatic heterocycles. The second-order valence-corrected chi connectivity index (χ2v) is 5.90. The minimum Gasteiger partial charge on any atom is -0.323 e. The van der Waals surface area contributed by atoms with Crippen LogP contribution in [0.1, 0.15) is 0 Å². The molecule has 1 heterocycles. The zero-order chi connectivity index (χ0) is 16.4. The highest BCUT2D eigenvalue weighted by Gasteiger charge is 2.16. The number of hydrogen-bond donors (Lipinski definition) is 1. The fourth-order valence-electron chi connectivity index (χ4n) is 2.45. The summed E-state index contributed by atoms with van der Waals surface area (Å²) in [7, 11) is 0.